The summed E-state index contributed by atoms with van der Waals surface area (Å²) in [7, 11) is 0. The lowest BCUT2D eigenvalue weighted by atomic mass is 9.61. The third-order valence-electron chi connectivity index (χ3n) is 7.43. The number of nitrogens with zero attached hydrogens (tertiary/aromatic N) is 1. The second kappa shape index (κ2) is 7.45. The second-order valence-electron chi connectivity index (χ2n) is 9.30. The Morgan fingerprint density at radius 2 is 1.88 bits per heavy atom. The number of para-hydroxylation sites is 1. The minimum absolute atomic E-state index is 0.00728. The Bertz CT molecular complexity index is 1440. The van der Waals surface area contributed by atoms with Crippen molar-refractivity contribution < 1.29 is 14.0 Å². The number of rotatable bonds is 3. The van der Waals surface area contributed by atoms with Crippen LogP contribution in [0.5, 0.6) is 0 Å². The minimum Gasteiger partial charge on any atom is -0.456 e. The Balaban J connectivity index is 1.24. The first-order chi connectivity index (χ1) is 15.9. The molecule has 3 aromatic carbocycles. The first-order valence-electron chi connectivity index (χ1n) is 11.2. The highest BCUT2D eigenvalue weighted by atomic mass is 79.9. The lowest BCUT2D eigenvalue weighted by Gasteiger charge is -2.42. The number of amides is 2. The number of furan rings is 1. The zero-order valence-electron chi connectivity index (χ0n) is 18.2. The van der Waals surface area contributed by atoms with E-state index in [2.05, 4.69) is 21.2 Å². The Labute approximate surface area is 199 Å². The van der Waals surface area contributed by atoms with Gasteiger partial charge in [-0.15, -0.1) is 0 Å². The van der Waals surface area contributed by atoms with Crippen LogP contribution in [0.25, 0.3) is 21.9 Å². The van der Waals surface area contributed by atoms with Gasteiger partial charge in [0, 0.05) is 39.6 Å². The number of benzene rings is 3. The van der Waals surface area contributed by atoms with Gasteiger partial charge in [-0.3, -0.25) is 9.59 Å². The van der Waals surface area contributed by atoms with Crippen molar-refractivity contribution in [2.45, 2.75) is 19.8 Å². The van der Waals surface area contributed by atoms with Gasteiger partial charge in [0.1, 0.15) is 11.2 Å². The lowest BCUT2D eigenvalue weighted by molar-refractivity contribution is -0.132. The van der Waals surface area contributed by atoms with Crippen molar-refractivity contribution in [3.8, 4) is 0 Å². The summed E-state index contributed by atoms with van der Waals surface area (Å²) in [5.41, 5.74) is 3.53. The molecule has 0 spiro atoms. The van der Waals surface area contributed by atoms with Gasteiger partial charge in [-0.1, -0.05) is 34.1 Å². The van der Waals surface area contributed by atoms with Crippen LogP contribution in [-0.4, -0.2) is 29.8 Å². The maximum atomic E-state index is 13.5. The monoisotopic (exact) mass is 502 g/mol. The summed E-state index contributed by atoms with van der Waals surface area (Å²) >= 11 is 3.46. The molecule has 2 aliphatic rings. The molecule has 166 valence electrons. The van der Waals surface area contributed by atoms with Crippen molar-refractivity contribution in [2.24, 2.45) is 11.3 Å². The van der Waals surface area contributed by atoms with Crippen molar-refractivity contribution >= 4 is 55.4 Å². The fraction of sp³-hybridized carbons (Fsp3) is 0.259. The topological polar surface area (TPSA) is 62.6 Å². The zero-order valence-corrected chi connectivity index (χ0v) is 19.8. The third kappa shape index (κ3) is 3.19. The van der Waals surface area contributed by atoms with Gasteiger partial charge in [-0.25, -0.2) is 0 Å². The van der Waals surface area contributed by atoms with Crippen LogP contribution in [0.1, 0.15) is 28.8 Å². The van der Waals surface area contributed by atoms with Crippen LogP contribution in [-0.2, 0) is 4.79 Å². The van der Waals surface area contributed by atoms with Crippen LogP contribution in [0.3, 0.4) is 0 Å². The number of hydrogen-bond acceptors (Lipinski definition) is 3. The Hall–Kier alpha value is -3.12. The molecular formula is C27H23BrN2O3. The van der Waals surface area contributed by atoms with Gasteiger partial charge in [0.05, 0.1) is 5.41 Å². The van der Waals surface area contributed by atoms with Gasteiger partial charge in [-0.05, 0) is 73.7 Å². The summed E-state index contributed by atoms with van der Waals surface area (Å²) in [4.78, 5) is 28.6. The Morgan fingerprint density at radius 1 is 1.06 bits per heavy atom. The molecular weight excluding hydrogens is 480 g/mol. The molecule has 2 atom stereocenters. The summed E-state index contributed by atoms with van der Waals surface area (Å²) < 4.78 is 6.85. The highest BCUT2D eigenvalue weighted by Gasteiger charge is 2.58. The summed E-state index contributed by atoms with van der Waals surface area (Å²) in [6.07, 6.45) is 1.78. The Kier molecular flexibility index (Phi) is 4.63. The van der Waals surface area contributed by atoms with Crippen LogP contribution in [0.2, 0.25) is 0 Å². The van der Waals surface area contributed by atoms with Gasteiger partial charge >= 0.3 is 0 Å². The standard InChI is InChI=1S/C27H23BrN2O3/c1-16-12-18(28)6-8-20(16)25(31)30-14-17-10-11-27(17,15-30)26(32)29-19-7-9-24-22(13-19)21-4-2-3-5-23(21)33-24/h2-9,12-13,17H,10-11,14-15H2,1H3,(H,29,32). The largest absolute Gasteiger partial charge is 0.456 e. The quantitative estimate of drug-likeness (QED) is 0.365. The van der Waals surface area contributed by atoms with E-state index in [-0.39, 0.29) is 17.7 Å². The van der Waals surface area contributed by atoms with E-state index in [0.717, 1.165) is 50.5 Å². The number of anilines is 1. The van der Waals surface area contributed by atoms with Crippen LogP contribution in [0.4, 0.5) is 5.69 Å². The summed E-state index contributed by atoms with van der Waals surface area (Å²) in [6, 6.07) is 19.4. The molecule has 2 unspecified atom stereocenters. The number of likely N-dealkylation sites (tertiary alicyclic amines) is 1. The summed E-state index contributed by atoms with van der Waals surface area (Å²) in [5, 5.41) is 5.17. The molecule has 5 nitrogen and oxygen atoms in total. The van der Waals surface area contributed by atoms with E-state index in [1.807, 2.05) is 72.5 Å². The van der Waals surface area contributed by atoms with E-state index in [4.69, 9.17) is 4.42 Å². The number of fused-ring (bicyclic) bond motifs is 4. The SMILES string of the molecule is Cc1cc(Br)ccc1C(=O)N1CC2CCC2(C(=O)Nc2ccc3oc4ccccc4c3c2)C1. The minimum atomic E-state index is -0.508. The van der Waals surface area contributed by atoms with Gasteiger partial charge in [0.25, 0.3) is 5.91 Å². The molecule has 0 radical (unpaired) electrons. The highest BCUT2D eigenvalue weighted by molar-refractivity contribution is 9.10. The molecule has 2 amide bonds. The van der Waals surface area contributed by atoms with Crippen molar-refractivity contribution in [1.82, 2.24) is 4.90 Å². The van der Waals surface area contributed by atoms with Crippen LogP contribution < -0.4 is 5.32 Å². The average molecular weight is 503 g/mol. The molecule has 6 heteroatoms. The first-order valence-corrected chi connectivity index (χ1v) is 12.0. The first kappa shape index (κ1) is 20.5. The van der Waals surface area contributed by atoms with Crippen molar-refractivity contribution in [3.05, 3.63) is 76.3 Å². The van der Waals surface area contributed by atoms with Crippen LogP contribution in [0, 0.1) is 18.3 Å². The fourth-order valence-corrected chi connectivity index (χ4v) is 5.94. The molecule has 2 fully saturated rings. The molecule has 1 N–H and O–H groups in total. The zero-order chi connectivity index (χ0) is 22.7. The van der Waals surface area contributed by atoms with Crippen molar-refractivity contribution in [1.29, 1.82) is 0 Å². The van der Waals surface area contributed by atoms with E-state index in [0.29, 0.717) is 18.7 Å². The van der Waals surface area contributed by atoms with E-state index in [9.17, 15) is 9.59 Å². The Morgan fingerprint density at radius 3 is 2.67 bits per heavy atom. The predicted octanol–water partition coefficient (Wildman–Crippen LogP) is 6.15. The molecule has 0 bridgehead atoms. The number of halogens is 1. The van der Waals surface area contributed by atoms with Crippen LogP contribution >= 0.6 is 15.9 Å². The summed E-state index contributed by atoms with van der Waals surface area (Å²) in [5.74, 6) is 0.220. The molecule has 33 heavy (non-hydrogen) atoms. The molecule has 4 aromatic rings. The lowest BCUT2D eigenvalue weighted by Crippen LogP contribution is -2.49. The molecule has 1 aliphatic carbocycles. The maximum Gasteiger partial charge on any atom is 0.254 e. The average Bonchev–Trinajstić information content (AvgIpc) is 3.28. The molecule has 1 saturated heterocycles. The second-order valence-corrected chi connectivity index (χ2v) is 10.2. The van der Waals surface area contributed by atoms with Gasteiger partial charge in [-0.2, -0.15) is 0 Å². The predicted molar refractivity (Wildman–Crippen MR) is 132 cm³/mol. The number of carbonyl (C=O) groups is 2. The number of hydrogen-bond donors (Lipinski definition) is 1. The van der Waals surface area contributed by atoms with E-state index >= 15 is 0 Å². The number of aryl methyl sites for hydroxylation is 1. The van der Waals surface area contributed by atoms with Gasteiger partial charge in [0.15, 0.2) is 0 Å². The van der Waals surface area contributed by atoms with Gasteiger partial charge in [0.2, 0.25) is 5.91 Å². The molecule has 1 aliphatic heterocycles. The van der Waals surface area contributed by atoms with Gasteiger partial charge < -0.3 is 14.6 Å². The normalized spacial score (nSPS) is 21.8. The number of carbonyl (C=O) groups excluding carboxylic acids is 2. The van der Waals surface area contributed by atoms with Crippen molar-refractivity contribution in [3.63, 3.8) is 0 Å². The smallest absolute Gasteiger partial charge is 0.254 e. The van der Waals surface area contributed by atoms with Crippen molar-refractivity contribution in [2.75, 3.05) is 18.4 Å². The van der Waals surface area contributed by atoms with E-state index < -0.39 is 5.41 Å². The molecule has 1 aromatic heterocycles. The highest BCUT2D eigenvalue weighted by Crippen LogP contribution is 2.53. The van der Waals surface area contributed by atoms with E-state index in [1.165, 1.54) is 0 Å². The fourth-order valence-electron chi connectivity index (χ4n) is 5.46. The number of nitrogens with one attached hydrogen (secondary N) is 1. The molecule has 2 heterocycles. The maximum absolute atomic E-state index is 13.5. The van der Waals surface area contributed by atoms with E-state index in [1.54, 1.807) is 0 Å². The third-order valence-corrected chi connectivity index (χ3v) is 7.92. The molecule has 1 saturated carbocycles. The summed E-state index contributed by atoms with van der Waals surface area (Å²) in [6.45, 7) is 3.04. The molecule has 6 rings (SSSR count). The van der Waals surface area contributed by atoms with Crippen LogP contribution in [0.15, 0.2) is 69.6 Å².